The quantitative estimate of drug-likeness (QED) is 0.729. The van der Waals surface area contributed by atoms with Crippen LogP contribution in [0.1, 0.15) is 33.9 Å². The maximum absolute atomic E-state index is 12.5. The van der Waals surface area contributed by atoms with Crippen LogP contribution < -0.4 is 5.32 Å². The Balaban J connectivity index is 1.41. The SMILES string of the molecule is O=C(NC[C@@H](O)c1ccc2ccccc2c1)c1cccc(C2OCCO2)c1. The molecule has 0 saturated carbocycles. The van der Waals surface area contributed by atoms with E-state index in [0.717, 1.165) is 21.9 Å². The number of nitrogens with one attached hydrogen (secondary N) is 1. The van der Waals surface area contributed by atoms with Crippen LogP contribution in [0.2, 0.25) is 0 Å². The molecule has 3 aromatic rings. The van der Waals surface area contributed by atoms with Crippen LogP contribution in [-0.4, -0.2) is 30.8 Å². The number of aliphatic hydroxyl groups is 1. The van der Waals surface area contributed by atoms with Crippen LogP contribution in [0.5, 0.6) is 0 Å². The van der Waals surface area contributed by atoms with Crippen LogP contribution >= 0.6 is 0 Å². The van der Waals surface area contributed by atoms with E-state index in [0.29, 0.717) is 18.8 Å². The molecule has 0 aliphatic carbocycles. The molecule has 0 unspecified atom stereocenters. The fourth-order valence-electron chi connectivity index (χ4n) is 3.20. The Labute approximate surface area is 157 Å². The first kappa shape index (κ1) is 17.7. The van der Waals surface area contributed by atoms with E-state index in [4.69, 9.17) is 9.47 Å². The van der Waals surface area contributed by atoms with Crippen LogP contribution in [-0.2, 0) is 9.47 Å². The molecule has 4 rings (SSSR count). The monoisotopic (exact) mass is 363 g/mol. The molecule has 0 bridgehead atoms. The number of amides is 1. The summed E-state index contributed by atoms with van der Waals surface area (Å²) in [7, 11) is 0. The highest BCUT2D eigenvalue weighted by molar-refractivity contribution is 5.94. The van der Waals surface area contributed by atoms with Crippen LogP contribution in [0.4, 0.5) is 0 Å². The third-order valence-corrected chi connectivity index (χ3v) is 4.66. The Morgan fingerprint density at radius 1 is 1.00 bits per heavy atom. The summed E-state index contributed by atoms with van der Waals surface area (Å²) in [6.45, 7) is 1.25. The molecule has 2 N–H and O–H groups in total. The van der Waals surface area contributed by atoms with E-state index in [1.165, 1.54) is 0 Å². The topological polar surface area (TPSA) is 67.8 Å². The molecule has 0 spiro atoms. The van der Waals surface area contributed by atoms with Crippen LogP contribution in [0.25, 0.3) is 10.8 Å². The van der Waals surface area contributed by atoms with Gasteiger partial charge >= 0.3 is 0 Å². The minimum absolute atomic E-state index is 0.137. The molecule has 1 atom stereocenters. The van der Waals surface area contributed by atoms with E-state index in [2.05, 4.69) is 5.32 Å². The van der Waals surface area contributed by atoms with Gasteiger partial charge in [-0.2, -0.15) is 0 Å². The highest BCUT2D eigenvalue weighted by atomic mass is 16.7. The lowest BCUT2D eigenvalue weighted by Gasteiger charge is -2.14. The molecule has 0 aromatic heterocycles. The Bertz CT molecular complexity index is 950. The van der Waals surface area contributed by atoms with Crippen molar-refractivity contribution in [3.05, 3.63) is 83.4 Å². The molecule has 1 saturated heterocycles. The molecule has 1 fully saturated rings. The summed E-state index contributed by atoms with van der Waals surface area (Å²) >= 11 is 0. The van der Waals surface area contributed by atoms with Crippen molar-refractivity contribution in [1.29, 1.82) is 0 Å². The Kier molecular flexibility index (Phi) is 5.16. The van der Waals surface area contributed by atoms with Gasteiger partial charge in [0.1, 0.15) is 0 Å². The van der Waals surface area contributed by atoms with Crippen molar-refractivity contribution in [2.75, 3.05) is 19.8 Å². The van der Waals surface area contributed by atoms with Crippen LogP contribution in [0.15, 0.2) is 66.7 Å². The van der Waals surface area contributed by atoms with Gasteiger partial charge in [-0.15, -0.1) is 0 Å². The van der Waals surface area contributed by atoms with Crippen molar-refractivity contribution in [1.82, 2.24) is 5.32 Å². The average Bonchev–Trinajstić information content (AvgIpc) is 3.26. The maximum atomic E-state index is 12.5. The molecule has 27 heavy (non-hydrogen) atoms. The first-order valence-corrected chi connectivity index (χ1v) is 8.99. The normalized spacial score (nSPS) is 15.7. The zero-order chi connectivity index (χ0) is 18.6. The molecule has 138 valence electrons. The molecular weight excluding hydrogens is 342 g/mol. The fourth-order valence-corrected chi connectivity index (χ4v) is 3.20. The first-order chi connectivity index (χ1) is 13.2. The Morgan fingerprint density at radius 2 is 1.78 bits per heavy atom. The second-order valence-corrected chi connectivity index (χ2v) is 6.53. The molecule has 1 aliphatic heterocycles. The summed E-state index contributed by atoms with van der Waals surface area (Å²) in [6, 6.07) is 20.9. The number of rotatable bonds is 5. The highest BCUT2D eigenvalue weighted by Crippen LogP contribution is 2.24. The lowest BCUT2D eigenvalue weighted by Crippen LogP contribution is -2.28. The van der Waals surface area contributed by atoms with Gasteiger partial charge < -0.3 is 19.9 Å². The number of hydrogen-bond acceptors (Lipinski definition) is 4. The van der Waals surface area contributed by atoms with Crippen molar-refractivity contribution < 1.29 is 19.4 Å². The van der Waals surface area contributed by atoms with Gasteiger partial charge in [-0.3, -0.25) is 4.79 Å². The van der Waals surface area contributed by atoms with Gasteiger partial charge in [-0.05, 0) is 34.5 Å². The standard InChI is InChI=1S/C22H21NO4/c24-20(17-9-8-15-4-1-2-5-16(15)12-17)14-23-21(25)18-6-3-7-19(13-18)22-26-10-11-27-22/h1-9,12-13,20,22,24H,10-11,14H2,(H,23,25)/t20-/m1/s1. The van der Waals surface area contributed by atoms with Crippen molar-refractivity contribution in [2.45, 2.75) is 12.4 Å². The van der Waals surface area contributed by atoms with Crippen molar-refractivity contribution in [3.63, 3.8) is 0 Å². The summed E-state index contributed by atoms with van der Waals surface area (Å²) in [5.74, 6) is -0.241. The number of benzene rings is 3. The lowest BCUT2D eigenvalue weighted by molar-refractivity contribution is -0.0441. The predicted molar refractivity (Wildman–Crippen MR) is 102 cm³/mol. The molecule has 5 nitrogen and oxygen atoms in total. The Hall–Kier alpha value is -2.73. The highest BCUT2D eigenvalue weighted by Gasteiger charge is 2.19. The number of ether oxygens (including phenoxy) is 2. The number of carbonyl (C=O) groups excluding carboxylic acids is 1. The van der Waals surface area contributed by atoms with Crippen molar-refractivity contribution in [3.8, 4) is 0 Å². The first-order valence-electron chi connectivity index (χ1n) is 8.99. The van der Waals surface area contributed by atoms with Gasteiger partial charge in [0.2, 0.25) is 0 Å². The zero-order valence-electron chi connectivity index (χ0n) is 14.8. The second-order valence-electron chi connectivity index (χ2n) is 6.53. The van der Waals surface area contributed by atoms with Gasteiger partial charge in [0.15, 0.2) is 6.29 Å². The van der Waals surface area contributed by atoms with E-state index < -0.39 is 12.4 Å². The fraction of sp³-hybridized carbons (Fsp3) is 0.227. The smallest absolute Gasteiger partial charge is 0.251 e. The summed E-state index contributed by atoms with van der Waals surface area (Å²) in [4.78, 5) is 12.5. The van der Waals surface area contributed by atoms with Gasteiger partial charge in [0.25, 0.3) is 5.91 Å². The predicted octanol–water partition coefficient (Wildman–Crippen LogP) is 3.35. The maximum Gasteiger partial charge on any atom is 0.251 e. The number of carbonyl (C=O) groups is 1. The molecule has 0 radical (unpaired) electrons. The second kappa shape index (κ2) is 7.88. The van der Waals surface area contributed by atoms with Gasteiger partial charge in [0, 0.05) is 17.7 Å². The van der Waals surface area contributed by atoms with Crippen LogP contribution in [0, 0.1) is 0 Å². The van der Waals surface area contributed by atoms with E-state index in [-0.39, 0.29) is 12.5 Å². The summed E-state index contributed by atoms with van der Waals surface area (Å²) in [5.41, 5.74) is 2.10. The van der Waals surface area contributed by atoms with Crippen LogP contribution in [0.3, 0.4) is 0 Å². The molecule has 3 aromatic carbocycles. The molecular formula is C22H21NO4. The van der Waals surface area contributed by atoms with E-state index in [1.54, 1.807) is 18.2 Å². The molecule has 1 aliphatic rings. The summed E-state index contributed by atoms with van der Waals surface area (Å²) in [6.07, 6.45) is -1.19. The van der Waals surface area contributed by atoms with E-state index in [9.17, 15) is 9.90 Å². The van der Waals surface area contributed by atoms with Gasteiger partial charge in [-0.1, -0.05) is 48.5 Å². The molecule has 1 amide bonds. The van der Waals surface area contributed by atoms with E-state index in [1.807, 2.05) is 48.5 Å². The summed E-state index contributed by atoms with van der Waals surface area (Å²) in [5, 5.41) is 15.4. The van der Waals surface area contributed by atoms with Crippen molar-refractivity contribution >= 4 is 16.7 Å². The third kappa shape index (κ3) is 4.01. The molecule has 1 heterocycles. The lowest BCUT2D eigenvalue weighted by atomic mass is 10.0. The van der Waals surface area contributed by atoms with Gasteiger partial charge in [0.05, 0.1) is 19.3 Å². The number of aliphatic hydroxyl groups excluding tert-OH is 1. The molecule has 5 heteroatoms. The third-order valence-electron chi connectivity index (χ3n) is 4.66. The van der Waals surface area contributed by atoms with Crippen molar-refractivity contribution in [2.24, 2.45) is 0 Å². The van der Waals surface area contributed by atoms with E-state index >= 15 is 0 Å². The zero-order valence-corrected chi connectivity index (χ0v) is 14.8. The minimum Gasteiger partial charge on any atom is -0.387 e. The minimum atomic E-state index is -0.775. The Morgan fingerprint density at radius 3 is 2.59 bits per heavy atom. The van der Waals surface area contributed by atoms with Gasteiger partial charge in [-0.25, -0.2) is 0 Å². The number of hydrogen-bond donors (Lipinski definition) is 2. The largest absolute Gasteiger partial charge is 0.387 e. The average molecular weight is 363 g/mol. The summed E-state index contributed by atoms with van der Waals surface area (Å²) < 4.78 is 10.9. The number of fused-ring (bicyclic) bond motifs is 1.